The fourth-order valence-electron chi connectivity index (χ4n) is 4.02. The summed E-state index contributed by atoms with van der Waals surface area (Å²) >= 11 is 0. The normalized spacial score (nSPS) is 17.7. The van der Waals surface area contributed by atoms with Crippen LogP contribution in [-0.2, 0) is 11.2 Å². The van der Waals surface area contributed by atoms with Gasteiger partial charge in [0, 0.05) is 12.2 Å². The molecule has 2 unspecified atom stereocenters. The smallest absolute Gasteiger partial charge is 0.262 e. The van der Waals surface area contributed by atoms with E-state index >= 15 is 0 Å². The fourth-order valence-corrected chi connectivity index (χ4v) is 4.02. The summed E-state index contributed by atoms with van der Waals surface area (Å²) < 4.78 is 0. The maximum Gasteiger partial charge on any atom is 0.262 e. The quantitative estimate of drug-likeness (QED) is 0.784. The number of amides is 3. The summed E-state index contributed by atoms with van der Waals surface area (Å²) in [5.41, 5.74) is 2.76. The van der Waals surface area contributed by atoms with Gasteiger partial charge in [-0.15, -0.1) is 0 Å². The molecule has 138 valence electrons. The van der Waals surface area contributed by atoms with Gasteiger partial charge in [-0.3, -0.25) is 19.3 Å². The summed E-state index contributed by atoms with van der Waals surface area (Å²) in [6.45, 7) is 4.48. The Morgan fingerprint density at radius 2 is 1.59 bits per heavy atom. The van der Waals surface area contributed by atoms with Gasteiger partial charge in [-0.1, -0.05) is 50.6 Å². The zero-order valence-corrected chi connectivity index (χ0v) is 15.5. The molecule has 2 aromatic rings. The summed E-state index contributed by atoms with van der Waals surface area (Å²) in [6, 6.07) is 13.8. The maximum atomic E-state index is 13.5. The van der Waals surface area contributed by atoms with E-state index in [0.29, 0.717) is 24.1 Å². The van der Waals surface area contributed by atoms with Crippen LogP contribution in [-0.4, -0.2) is 35.2 Å². The number of rotatable bonds is 4. The molecule has 0 bridgehead atoms. The lowest BCUT2D eigenvalue weighted by molar-refractivity contribution is -0.123. The number of benzene rings is 2. The maximum absolute atomic E-state index is 13.5. The van der Waals surface area contributed by atoms with Crippen molar-refractivity contribution >= 4 is 23.4 Å². The number of carbonyl (C=O) groups excluding carboxylic acids is 3. The summed E-state index contributed by atoms with van der Waals surface area (Å²) in [5, 5.41) is 0. The van der Waals surface area contributed by atoms with E-state index in [0.717, 1.165) is 17.7 Å². The van der Waals surface area contributed by atoms with E-state index in [1.165, 1.54) is 4.90 Å². The Bertz CT molecular complexity index is 902. The van der Waals surface area contributed by atoms with Gasteiger partial charge >= 0.3 is 0 Å². The lowest BCUT2D eigenvalue weighted by Crippen LogP contribution is -2.53. The van der Waals surface area contributed by atoms with Gasteiger partial charge in [0.05, 0.1) is 11.1 Å². The molecular weight excluding hydrogens is 340 g/mol. The fraction of sp³-hybridized carbons (Fsp3) is 0.318. The minimum absolute atomic E-state index is 0.132. The predicted molar refractivity (Wildman–Crippen MR) is 103 cm³/mol. The van der Waals surface area contributed by atoms with Crippen molar-refractivity contribution in [3.63, 3.8) is 0 Å². The van der Waals surface area contributed by atoms with Gasteiger partial charge in [0.25, 0.3) is 17.7 Å². The summed E-state index contributed by atoms with van der Waals surface area (Å²) in [5.74, 6) is -1.06. The molecule has 2 aliphatic heterocycles. The van der Waals surface area contributed by atoms with E-state index in [4.69, 9.17) is 0 Å². The summed E-state index contributed by atoms with van der Waals surface area (Å²) in [7, 11) is 0. The molecule has 2 aliphatic rings. The van der Waals surface area contributed by atoms with Crippen molar-refractivity contribution in [3.8, 4) is 0 Å². The number of carbonyl (C=O) groups is 3. The van der Waals surface area contributed by atoms with Gasteiger partial charge in [0.2, 0.25) is 0 Å². The average Bonchev–Trinajstić information content (AvgIpc) is 3.23. The van der Waals surface area contributed by atoms with Crippen LogP contribution in [0.2, 0.25) is 0 Å². The van der Waals surface area contributed by atoms with Crippen LogP contribution in [0.25, 0.3) is 0 Å². The Morgan fingerprint density at radius 1 is 1.00 bits per heavy atom. The third-order valence-electron chi connectivity index (χ3n) is 5.69. The van der Waals surface area contributed by atoms with E-state index in [9.17, 15) is 14.4 Å². The molecule has 0 fully saturated rings. The second kappa shape index (κ2) is 6.65. The van der Waals surface area contributed by atoms with Crippen LogP contribution in [0.5, 0.6) is 0 Å². The Morgan fingerprint density at radius 3 is 2.22 bits per heavy atom. The molecule has 0 spiro atoms. The number of anilines is 1. The van der Waals surface area contributed by atoms with E-state index < -0.39 is 6.04 Å². The molecule has 0 saturated carbocycles. The first-order valence-electron chi connectivity index (χ1n) is 9.40. The highest BCUT2D eigenvalue weighted by Gasteiger charge is 2.46. The molecule has 0 N–H and O–H groups in total. The van der Waals surface area contributed by atoms with Crippen LogP contribution in [0.3, 0.4) is 0 Å². The summed E-state index contributed by atoms with van der Waals surface area (Å²) in [4.78, 5) is 42.4. The van der Waals surface area contributed by atoms with E-state index in [-0.39, 0.29) is 23.6 Å². The highest BCUT2D eigenvalue weighted by molar-refractivity contribution is 6.23. The van der Waals surface area contributed by atoms with Crippen molar-refractivity contribution < 1.29 is 14.4 Å². The highest BCUT2D eigenvalue weighted by Crippen LogP contribution is 2.33. The third-order valence-corrected chi connectivity index (χ3v) is 5.69. The van der Waals surface area contributed by atoms with Crippen LogP contribution in [0, 0.1) is 5.92 Å². The minimum Gasteiger partial charge on any atom is -0.310 e. The van der Waals surface area contributed by atoms with E-state index in [2.05, 4.69) is 0 Å². The van der Waals surface area contributed by atoms with Gasteiger partial charge in [-0.05, 0) is 36.1 Å². The number of para-hydroxylation sites is 1. The van der Waals surface area contributed by atoms with E-state index in [1.54, 1.807) is 29.2 Å². The number of hydrogen-bond acceptors (Lipinski definition) is 3. The topological polar surface area (TPSA) is 57.7 Å². The van der Waals surface area contributed by atoms with Gasteiger partial charge in [-0.25, -0.2) is 0 Å². The average molecular weight is 362 g/mol. The first kappa shape index (κ1) is 17.5. The van der Waals surface area contributed by atoms with Crippen LogP contribution < -0.4 is 4.90 Å². The molecule has 3 amide bonds. The van der Waals surface area contributed by atoms with Crippen molar-refractivity contribution in [3.05, 3.63) is 65.2 Å². The monoisotopic (exact) mass is 362 g/mol. The van der Waals surface area contributed by atoms with E-state index in [1.807, 2.05) is 38.1 Å². The molecule has 27 heavy (non-hydrogen) atoms. The SMILES string of the molecule is CCC(C)C(C(=O)N1CCc2ccccc21)N1C(=O)c2ccccc2C1=O. The van der Waals surface area contributed by atoms with Crippen molar-refractivity contribution in [2.75, 3.05) is 11.4 Å². The zero-order valence-electron chi connectivity index (χ0n) is 15.5. The van der Waals surface area contributed by atoms with Gasteiger partial charge in [0.15, 0.2) is 0 Å². The zero-order chi connectivity index (χ0) is 19.1. The number of fused-ring (bicyclic) bond motifs is 2. The number of imide groups is 1. The Kier molecular flexibility index (Phi) is 4.30. The molecule has 2 heterocycles. The Balaban J connectivity index is 1.73. The van der Waals surface area contributed by atoms with Gasteiger partial charge < -0.3 is 4.90 Å². The van der Waals surface area contributed by atoms with Crippen LogP contribution in [0.4, 0.5) is 5.69 Å². The van der Waals surface area contributed by atoms with Crippen molar-refractivity contribution in [1.29, 1.82) is 0 Å². The van der Waals surface area contributed by atoms with Crippen molar-refractivity contribution in [2.45, 2.75) is 32.7 Å². The first-order valence-corrected chi connectivity index (χ1v) is 9.40. The molecule has 0 radical (unpaired) electrons. The molecule has 0 aliphatic carbocycles. The lowest BCUT2D eigenvalue weighted by Gasteiger charge is -2.33. The molecule has 2 atom stereocenters. The molecule has 0 saturated heterocycles. The molecule has 4 rings (SSSR count). The first-order chi connectivity index (χ1) is 13.0. The Hall–Kier alpha value is -2.95. The standard InChI is InChI=1S/C22H22N2O3/c1-3-14(2)19(22(27)23-13-12-15-8-4-7-11-18(15)23)24-20(25)16-9-5-6-10-17(16)21(24)26/h4-11,14,19H,3,12-13H2,1-2H3. The Labute approximate surface area is 158 Å². The van der Waals surface area contributed by atoms with Crippen LogP contribution in [0.1, 0.15) is 46.5 Å². The predicted octanol–water partition coefficient (Wildman–Crippen LogP) is 3.29. The highest BCUT2D eigenvalue weighted by atomic mass is 16.2. The second-order valence-corrected chi connectivity index (χ2v) is 7.22. The van der Waals surface area contributed by atoms with Crippen molar-refractivity contribution in [2.24, 2.45) is 5.92 Å². The van der Waals surface area contributed by atoms with Crippen LogP contribution >= 0.6 is 0 Å². The number of hydrogen-bond donors (Lipinski definition) is 0. The van der Waals surface area contributed by atoms with Crippen molar-refractivity contribution in [1.82, 2.24) is 4.90 Å². The second-order valence-electron chi connectivity index (χ2n) is 7.22. The van der Waals surface area contributed by atoms with Gasteiger partial charge in [-0.2, -0.15) is 0 Å². The minimum atomic E-state index is -0.798. The molecule has 5 heteroatoms. The van der Waals surface area contributed by atoms with Crippen LogP contribution in [0.15, 0.2) is 48.5 Å². The molecular formula is C22H22N2O3. The third kappa shape index (κ3) is 2.65. The number of nitrogens with zero attached hydrogens (tertiary/aromatic N) is 2. The largest absolute Gasteiger partial charge is 0.310 e. The lowest BCUT2D eigenvalue weighted by atomic mass is 9.96. The molecule has 0 aromatic heterocycles. The molecule has 2 aromatic carbocycles. The molecule has 5 nitrogen and oxygen atoms in total. The van der Waals surface area contributed by atoms with Gasteiger partial charge in [0.1, 0.15) is 6.04 Å². The summed E-state index contributed by atoms with van der Waals surface area (Å²) in [6.07, 6.45) is 1.48.